The Hall–Kier alpha value is -2.29. The second kappa shape index (κ2) is 9.16. The number of aryl methyl sites for hydroxylation is 5. The van der Waals surface area contributed by atoms with E-state index in [-0.39, 0.29) is 5.91 Å². The second-order valence-electron chi connectivity index (χ2n) is 8.58. The fourth-order valence-electron chi connectivity index (χ4n) is 4.69. The van der Waals surface area contributed by atoms with Crippen molar-refractivity contribution in [1.82, 2.24) is 15.0 Å². The minimum Gasteiger partial charge on any atom is -0.274 e. The van der Waals surface area contributed by atoms with Crippen molar-refractivity contribution in [1.29, 1.82) is 0 Å². The van der Waals surface area contributed by atoms with E-state index in [0.717, 1.165) is 45.2 Å². The predicted octanol–water partition coefficient (Wildman–Crippen LogP) is 6.93. The fourth-order valence-corrected chi connectivity index (χ4v) is 7.88. The highest BCUT2D eigenvalue weighted by Crippen LogP contribution is 2.40. The van der Waals surface area contributed by atoms with Crippen LogP contribution in [0.3, 0.4) is 0 Å². The zero-order chi connectivity index (χ0) is 23.1. The van der Waals surface area contributed by atoms with Crippen molar-refractivity contribution in [3.05, 3.63) is 56.7 Å². The number of thiazole rings is 1. The first-order valence-electron chi connectivity index (χ1n) is 11.1. The first-order chi connectivity index (χ1) is 15.9. The molecule has 170 valence electrons. The van der Waals surface area contributed by atoms with Gasteiger partial charge in [0.15, 0.2) is 5.13 Å². The molecule has 8 heteroatoms. The molecule has 0 N–H and O–H groups in total. The van der Waals surface area contributed by atoms with Gasteiger partial charge in [-0.25, -0.2) is 15.0 Å². The Kier molecular flexibility index (Phi) is 6.24. The number of carbonyl (C=O) groups is 1. The smallest absolute Gasteiger partial charge is 0.230 e. The largest absolute Gasteiger partial charge is 0.274 e. The third kappa shape index (κ3) is 4.32. The number of amides is 1. The van der Waals surface area contributed by atoms with Crippen LogP contribution in [0.2, 0.25) is 0 Å². The lowest BCUT2D eigenvalue weighted by Gasteiger charge is -2.23. The first-order valence-corrected chi connectivity index (χ1v) is 13.8. The molecule has 0 atom stereocenters. The van der Waals surface area contributed by atoms with E-state index in [0.29, 0.717) is 10.9 Å². The maximum atomic E-state index is 12.6. The Morgan fingerprint density at radius 1 is 1.12 bits per heavy atom. The highest BCUT2D eigenvalue weighted by atomic mass is 32.2. The van der Waals surface area contributed by atoms with E-state index in [1.54, 1.807) is 29.9 Å². The van der Waals surface area contributed by atoms with Gasteiger partial charge in [-0.05, 0) is 63.1 Å². The zero-order valence-corrected chi connectivity index (χ0v) is 21.7. The van der Waals surface area contributed by atoms with E-state index in [9.17, 15) is 4.79 Å². The molecule has 5 nitrogen and oxygen atoms in total. The Morgan fingerprint density at radius 2 is 1.88 bits per heavy atom. The monoisotopic (exact) mass is 494 g/mol. The third-order valence-electron chi connectivity index (χ3n) is 5.98. The topological polar surface area (TPSA) is 59.0 Å². The molecule has 5 rings (SSSR count). The van der Waals surface area contributed by atoms with Gasteiger partial charge in [0.25, 0.3) is 0 Å². The summed E-state index contributed by atoms with van der Waals surface area (Å²) in [5, 5.41) is 5.06. The molecule has 33 heavy (non-hydrogen) atoms. The molecule has 0 radical (unpaired) electrons. The molecule has 1 amide bonds. The number of anilines is 2. The van der Waals surface area contributed by atoms with Crippen LogP contribution in [0.4, 0.5) is 10.8 Å². The summed E-state index contributed by atoms with van der Waals surface area (Å²) in [6, 6.07) is 4.23. The molecular formula is C25H26N4OS3. The lowest BCUT2D eigenvalue weighted by Crippen LogP contribution is -2.24. The number of fused-ring (bicyclic) bond motifs is 3. The number of hydrogen-bond acceptors (Lipinski definition) is 7. The Bertz CT molecular complexity index is 1330. The Morgan fingerprint density at radius 3 is 2.64 bits per heavy atom. The van der Waals surface area contributed by atoms with Gasteiger partial charge in [0.1, 0.15) is 16.2 Å². The van der Waals surface area contributed by atoms with Gasteiger partial charge in [0.2, 0.25) is 5.91 Å². The normalized spacial score (nSPS) is 13.3. The number of nitrogens with zero attached hydrogens (tertiary/aromatic N) is 4. The van der Waals surface area contributed by atoms with E-state index in [2.05, 4.69) is 48.3 Å². The summed E-state index contributed by atoms with van der Waals surface area (Å²) in [7, 11) is 0. The molecule has 0 aliphatic heterocycles. The van der Waals surface area contributed by atoms with Crippen molar-refractivity contribution in [2.45, 2.75) is 64.2 Å². The van der Waals surface area contributed by atoms with Crippen LogP contribution in [0.5, 0.6) is 0 Å². The van der Waals surface area contributed by atoms with Crippen molar-refractivity contribution < 1.29 is 4.79 Å². The number of thiophene rings is 1. The molecule has 0 saturated heterocycles. The van der Waals surface area contributed by atoms with Crippen molar-refractivity contribution in [2.75, 3.05) is 4.90 Å². The number of carbonyl (C=O) groups excluding carboxylic acids is 1. The SMILES string of the molecule is CC(=O)N(c1nc(CSc2ncnc3sc4c(c23)CCCC4)cs1)c1c(C)cc(C)cc1C. The molecule has 0 spiro atoms. The molecule has 1 aliphatic rings. The maximum absolute atomic E-state index is 12.6. The van der Waals surface area contributed by atoms with Crippen molar-refractivity contribution in [3.8, 4) is 0 Å². The van der Waals surface area contributed by atoms with Crippen LogP contribution in [-0.2, 0) is 23.4 Å². The van der Waals surface area contributed by atoms with Gasteiger partial charge in [-0.3, -0.25) is 9.69 Å². The average Bonchev–Trinajstić information content (AvgIpc) is 3.39. The van der Waals surface area contributed by atoms with Gasteiger partial charge in [0.05, 0.1) is 11.4 Å². The summed E-state index contributed by atoms with van der Waals surface area (Å²) < 4.78 is 0. The Labute approximate surface area is 206 Å². The molecule has 0 bridgehead atoms. The van der Waals surface area contributed by atoms with E-state index in [1.807, 2.05) is 11.3 Å². The molecule has 0 saturated carbocycles. The predicted molar refractivity (Wildman–Crippen MR) is 139 cm³/mol. The molecule has 1 aliphatic carbocycles. The molecule has 4 aromatic rings. The summed E-state index contributed by atoms with van der Waals surface area (Å²) in [5.74, 6) is 0.686. The third-order valence-corrected chi connectivity index (χ3v) is 9.08. The first kappa shape index (κ1) is 22.5. The van der Waals surface area contributed by atoms with Gasteiger partial charge >= 0.3 is 0 Å². The molecule has 3 heterocycles. The van der Waals surface area contributed by atoms with Crippen LogP contribution in [0, 0.1) is 20.8 Å². The summed E-state index contributed by atoms with van der Waals surface area (Å²) in [6.07, 6.45) is 6.48. The fraction of sp³-hybridized carbons (Fsp3) is 0.360. The summed E-state index contributed by atoms with van der Waals surface area (Å²) >= 11 is 5.06. The van der Waals surface area contributed by atoms with Crippen LogP contribution in [-0.4, -0.2) is 20.9 Å². The second-order valence-corrected chi connectivity index (χ2v) is 11.5. The molecule has 3 aromatic heterocycles. The highest BCUT2D eigenvalue weighted by molar-refractivity contribution is 7.98. The average molecular weight is 495 g/mol. The van der Waals surface area contributed by atoms with Crippen LogP contribution in [0.25, 0.3) is 10.2 Å². The minimum atomic E-state index is -0.0268. The van der Waals surface area contributed by atoms with Crippen LogP contribution in [0.1, 0.15) is 52.6 Å². The van der Waals surface area contributed by atoms with Crippen LogP contribution in [0.15, 0.2) is 28.9 Å². The quantitative estimate of drug-likeness (QED) is 0.222. The van der Waals surface area contributed by atoms with Crippen LogP contribution < -0.4 is 4.90 Å². The molecular weight excluding hydrogens is 469 g/mol. The number of aromatic nitrogens is 3. The van der Waals surface area contributed by atoms with E-state index in [4.69, 9.17) is 4.98 Å². The lowest BCUT2D eigenvalue weighted by atomic mass is 9.97. The van der Waals surface area contributed by atoms with E-state index in [1.165, 1.54) is 45.6 Å². The van der Waals surface area contributed by atoms with Gasteiger partial charge in [-0.2, -0.15) is 0 Å². The highest BCUT2D eigenvalue weighted by Gasteiger charge is 2.23. The number of rotatable bonds is 5. The molecule has 1 aromatic carbocycles. The summed E-state index contributed by atoms with van der Waals surface area (Å²) in [4.78, 5) is 31.0. The van der Waals surface area contributed by atoms with Crippen molar-refractivity contribution in [2.24, 2.45) is 0 Å². The zero-order valence-electron chi connectivity index (χ0n) is 19.3. The van der Waals surface area contributed by atoms with Gasteiger partial charge in [-0.1, -0.05) is 29.5 Å². The lowest BCUT2D eigenvalue weighted by molar-refractivity contribution is -0.115. The number of thioether (sulfide) groups is 1. The number of hydrogen-bond donors (Lipinski definition) is 0. The van der Waals surface area contributed by atoms with Crippen LogP contribution >= 0.6 is 34.4 Å². The molecule has 0 fully saturated rings. The maximum Gasteiger partial charge on any atom is 0.230 e. The van der Waals surface area contributed by atoms with E-state index >= 15 is 0 Å². The van der Waals surface area contributed by atoms with Gasteiger partial charge < -0.3 is 0 Å². The summed E-state index contributed by atoms with van der Waals surface area (Å²) in [5.41, 5.74) is 6.71. The summed E-state index contributed by atoms with van der Waals surface area (Å²) in [6.45, 7) is 7.79. The standard InChI is InChI=1S/C25H26N4OS3/c1-14-9-15(2)22(16(3)10-14)29(17(4)30)25-28-18(12-32-25)11-31-23-21-19-7-5-6-8-20(19)33-24(21)27-13-26-23/h9-10,12-13H,5-8,11H2,1-4H3. The minimum absolute atomic E-state index is 0.0268. The van der Waals surface area contributed by atoms with Crippen molar-refractivity contribution >= 4 is 61.4 Å². The Balaban J connectivity index is 1.42. The van der Waals surface area contributed by atoms with Crippen molar-refractivity contribution in [3.63, 3.8) is 0 Å². The molecule has 0 unspecified atom stereocenters. The number of benzene rings is 1. The van der Waals surface area contributed by atoms with E-state index < -0.39 is 0 Å². The van der Waals surface area contributed by atoms with Gasteiger partial charge in [0, 0.05) is 28.3 Å². The van der Waals surface area contributed by atoms with Gasteiger partial charge in [-0.15, -0.1) is 22.7 Å².